The summed E-state index contributed by atoms with van der Waals surface area (Å²) >= 11 is 0. The van der Waals surface area contributed by atoms with E-state index in [1.54, 1.807) is 19.1 Å². The Kier molecular flexibility index (Phi) is 6.34. The van der Waals surface area contributed by atoms with E-state index in [4.69, 9.17) is 0 Å². The fourth-order valence-electron chi connectivity index (χ4n) is 6.13. The van der Waals surface area contributed by atoms with Crippen LogP contribution in [0.4, 0.5) is 0 Å². The minimum Gasteiger partial charge on any atom is -0.543 e. The molecular weight excluding hydrogens is 546 g/mol. The molecule has 0 bridgehead atoms. The Bertz CT molecular complexity index is 1740. The number of sulfonamides is 1. The lowest BCUT2D eigenvalue weighted by molar-refractivity contribution is -0.671. The number of hydrogen-bond acceptors (Lipinski definition) is 7. The van der Waals surface area contributed by atoms with Crippen molar-refractivity contribution in [2.24, 2.45) is 24.0 Å². The van der Waals surface area contributed by atoms with Gasteiger partial charge >= 0.3 is 0 Å². The number of aliphatic hydroxyl groups excluding tert-OH is 1. The molecule has 12 heteroatoms. The Morgan fingerprint density at radius 3 is 2.54 bits per heavy atom. The molecule has 1 fully saturated rings. The molecule has 0 saturated carbocycles. The third-order valence-corrected chi connectivity index (χ3v) is 9.78. The van der Waals surface area contributed by atoms with Gasteiger partial charge in [0.05, 0.1) is 48.2 Å². The number of carboxylic acid groups (broad SMARTS) is 1. The van der Waals surface area contributed by atoms with Crippen molar-refractivity contribution in [3.63, 3.8) is 0 Å². The van der Waals surface area contributed by atoms with Crippen LogP contribution < -0.4 is 9.67 Å². The molecule has 4 atom stereocenters. The fraction of sp³-hybridized carbons (Fsp3) is 0.310. The second kappa shape index (κ2) is 9.67. The molecule has 212 valence electrons. The summed E-state index contributed by atoms with van der Waals surface area (Å²) in [5.74, 6) is -3.41. The number of aryl methyl sites for hydroxylation is 1. The summed E-state index contributed by atoms with van der Waals surface area (Å²) in [4.78, 5) is 26.2. The molecule has 1 aromatic heterocycles. The van der Waals surface area contributed by atoms with Gasteiger partial charge in [-0.05, 0) is 24.1 Å². The van der Waals surface area contributed by atoms with E-state index in [-0.39, 0.29) is 22.7 Å². The van der Waals surface area contributed by atoms with Crippen LogP contribution >= 0.6 is 0 Å². The zero-order valence-electron chi connectivity index (χ0n) is 22.7. The predicted molar refractivity (Wildman–Crippen MR) is 144 cm³/mol. The number of hydrogen-bond donors (Lipinski definition) is 1. The van der Waals surface area contributed by atoms with Gasteiger partial charge in [0, 0.05) is 17.0 Å². The van der Waals surface area contributed by atoms with Crippen LogP contribution in [0.3, 0.4) is 0 Å². The average Bonchev–Trinajstić information content (AvgIpc) is 3.44. The number of hydrazone groups is 1. The van der Waals surface area contributed by atoms with Gasteiger partial charge in [0.2, 0.25) is 12.2 Å². The molecule has 0 unspecified atom stereocenters. The minimum atomic E-state index is -4.22. The second-order valence-electron chi connectivity index (χ2n) is 10.8. The number of rotatable bonds is 7. The van der Waals surface area contributed by atoms with Crippen molar-refractivity contribution >= 4 is 27.6 Å². The predicted octanol–water partition coefficient (Wildman–Crippen LogP) is -0.0209. The summed E-state index contributed by atoms with van der Waals surface area (Å²) in [6.07, 6.45) is 4.68. The molecular formula is C29H29N5O6S. The molecule has 41 heavy (non-hydrogen) atoms. The topological polar surface area (TPSA) is 139 Å². The van der Waals surface area contributed by atoms with Crippen LogP contribution in [0.2, 0.25) is 0 Å². The molecule has 3 aliphatic rings. The third kappa shape index (κ3) is 4.25. The van der Waals surface area contributed by atoms with Gasteiger partial charge in [-0.25, -0.2) is 9.13 Å². The van der Waals surface area contributed by atoms with Crippen molar-refractivity contribution in [2.75, 3.05) is 6.54 Å². The normalized spacial score (nSPS) is 23.6. The maximum atomic E-state index is 14.1. The summed E-state index contributed by atoms with van der Waals surface area (Å²) < 4.78 is 32.9. The first-order valence-corrected chi connectivity index (χ1v) is 14.7. The second-order valence-corrected chi connectivity index (χ2v) is 12.6. The maximum Gasteiger partial charge on any atom is 0.280 e. The highest BCUT2D eigenvalue weighted by atomic mass is 32.2. The number of imidazole rings is 1. The number of β-lactam (4-membered cyclic amide) rings is 1. The fourth-order valence-corrected chi connectivity index (χ4v) is 7.60. The maximum absolute atomic E-state index is 14.1. The zero-order valence-corrected chi connectivity index (χ0v) is 23.5. The summed E-state index contributed by atoms with van der Waals surface area (Å²) in [5, 5.41) is 27.0. The smallest absolute Gasteiger partial charge is 0.280 e. The summed E-state index contributed by atoms with van der Waals surface area (Å²) in [7, 11) is -2.32. The molecule has 4 heterocycles. The van der Waals surface area contributed by atoms with E-state index in [1.165, 1.54) is 6.92 Å². The van der Waals surface area contributed by atoms with Crippen LogP contribution in [-0.4, -0.2) is 63.7 Å². The van der Waals surface area contributed by atoms with Gasteiger partial charge in [0.1, 0.15) is 24.7 Å². The monoisotopic (exact) mass is 575 g/mol. The lowest BCUT2D eigenvalue weighted by atomic mass is 9.78. The van der Waals surface area contributed by atoms with Crippen molar-refractivity contribution in [1.82, 2.24) is 13.9 Å². The molecule has 2 aromatic carbocycles. The molecule has 6 rings (SSSR count). The molecule has 3 aliphatic heterocycles. The Labute approximate surface area is 237 Å². The van der Waals surface area contributed by atoms with Crippen LogP contribution in [0.5, 0.6) is 0 Å². The van der Waals surface area contributed by atoms with Crippen molar-refractivity contribution in [3.8, 4) is 0 Å². The van der Waals surface area contributed by atoms with Gasteiger partial charge in [-0.1, -0.05) is 49.4 Å². The molecule has 3 aromatic rings. The quantitative estimate of drug-likeness (QED) is 0.310. The van der Waals surface area contributed by atoms with Crippen LogP contribution in [0, 0.1) is 11.8 Å². The molecule has 1 saturated heterocycles. The van der Waals surface area contributed by atoms with E-state index in [9.17, 15) is 28.2 Å². The van der Waals surface area contributed by atoms with Crippen LogP contribution in [0.1, 0.15) is 30.5 Å². The highest BCUT2D eigenvalue weighted by Gasteiger charge is 2.59. The first kappa shape index (κ1) is 26.9. The number of carbonyl (C=O) groups excluding carboxylic acids is 2. The molecule has 1 N–H and O–H groups in total. The Balaban J connectivity index is 1.45. The number of aliphatic carboxylic acids is 1. The Hall–Kier alpha value is -4.29. The summed E-state index contributed by atoms with van der Waals surface area (Å²) in [6, 6.07) is 13.8. The number of benzene rings is 2. The van der Waals surface area contributed by atoms with Gasteiger partial charge in [0.15, 0.2) is 0 Å². The number of nitrogens with zero attached hydrogens (tertiary/aromatic N) is 5. The number of aliphatic hydroxyl groups is 1. The highest BCUT2D eigenvalue weighted by Crippen LogP contribution is 2.47. The number of amides is 1. The van der Waals surface area contributed by atoms with E-state index in [2.05, 4.69) is 5.10 Å². The van der Waals surface area contributed by atoms with Gasteiger partial charge in [-0.2, -0.15) is 17.9 Å². The van der Waals surface area contributed by atoms with Crippen molar-refractivity contribution in [1.29, 1.82) is 0 Å². The lowest BCUT2D eigenvalue weighted by Crippen LogP contribution is -2.64. The van der Waals surface area contributed by atoms with Gasteiger partial charge in [-0.3, -0.25) is 4.79 Å². The number of carbonyl (C=O) groups is 2. The number of carboxylic acids is 1. The molecule has 0 radical (unpaired) electrons. The van der Waals surface area contributed by atoms with Gasteiger partial charge in [0.25, 0.3) is 10.0 Å². The number of aromatic nitrogens is 2. The van der Waals surface area contributed by atoms with Crippen molar-refractivity contribution < 1.29 is 32.8 Å². The molecule has 11 nitrogen and oxygen atoms in total. The van der Waals surface area contributed by atoms with Crippen LogP contribution in [0.15, 0.2) is 88.5 Å². The summed E-state index contributed by atoms with van der Waals surface area (Å²) in [5.41, 5.74) is 2.19. The first-order chi connectivity index (χ1) is 19.5. The van der Waals surface area contributed by atoms with Gasteiger partial charge in [-0.15, -0.1) is 0 Å². The van der Waals surface area contributed by atoms with E-state index in [0.29, 0.717) is 23.4 Å². The third-order valence-electron chi connectivity index (χ3n) is 8.12. The van der Waals surface area contributed by atoms with E-state index >= 15 is 0 Å². The zero-order chi connectivity index (χ0) is 29.2. The molecule has 0 spiro atoms. The molecule has 1 amide bonds. The molecule has 0 aliphatic carbocycles. The average molecular weight is 576 g/mol. The standard InChI is InChI=1S/C29H29N5O6S/c1-17-22(27(29(37)38)34-26(17)24(18(2)35)28(34)36)15-33-30-25(20-7-5-4-6-8-20)21-10-9-19(13-23(21)41(33,39)40)14-32-12-11-31(3)16-32/h4-13,16-18,24,26,35H,14-15H2,1-3H3/t17-,18+,24+,26+/m0/s1. The number of fused-ring (bicyclic) bond motifs is 2. The Morgan fingerprint density at radius 2 is 1.90 bits per heavy atom. The first-order valence-electron chi connectivity index (χ1n) is 13.3. The van der Waals surface area contributed by atoms with E-state index < -0.39 is 45.9 Å². The lowest BCUT2D eigenvalue weighted by Gasteiger charge is -2.47. The Morgan fingerprint density at radius 1 is 1.17 bits per heavy atom. The minimum absolute atomic E-state index is 0.0582. The summed E-state index contributed by atoms with van der Waals surface area (Å²) in [6.45, 7) is 3.27. The highest BCUT2D eigenvalue weighted by molar-refractivity contribution is 7.89. The van der Waals surface area contributed by atoms with E-state index in [0.717, 1.165) is 14.9 Å². The van der Waals surface area contributed by atoms with Crippen molar-refractivity contribution in [3.05, 3.63) is 95.2 Å². The SMILES string of the molecule is C[C@@H](O)[C@H]1C(=O)N2C(C(=O)[O-])=C(CN3N=C(c4ccccc4)c4ccc(Cn5cc[n+](C)c5)cc4S3(=O)=O)[C@H](C)[C@H]12. The largest absolute Gasteiger partial charge is 0.543 e. The van der Waals surface area contributed by atoms with Crippen LogP contribution in [-0.2, 0) is 33.2 Å². The van der Waals surface area contributed by atoms with Crippen LogP contribution in [0.25, 0.3) is 0 Å². The van der Waals surface area contributed by atoms with E-state index in [1.807, 2.05) is 71.3 Å². The van der Waals surface area contributed by atoms with Gasteiger partial charge < -0.3 is 19.9 Å². The van der Waals surface area contributed by atoms with Crippen molar-refractivity contribution in [2.45, 2.75) is 37.4 Å².